The van der Waals surface area contributed by atoms with Crippen LogP contribution in [0, 0.1) is 5.92 Å². The highest BCUT2D eigenvalue weighted by Gasteiger charge is 2.20. The van der Waals surface area contributed by atoms with Gasteiger partial charge in [0, 0.05) is 11.4 Å². The average Bonchev–Trinajstić information content (AvgIpc) is 2.51. The number of aliphatic carboxylic acids is 1. The van der Waals surface area contributed by atoms with E-state index in [0.717, 1.165) is 11.3 Å². The third-order valence-corrected chi connectivity index (χ3v) is 3.99. The maximum absolute atomic E-state index is 12.0. The topological polar surface area (TPSA) is 75.6 Å². The van der Waals surface area contributed by atoms with Crippen molar-refractivity contribution in [3.63, 3.8) is 0 Å². The van der Waals surface area contributed by atoms with Gasteiger partial charge in [-0.15, -0.1) is 11.8 Å². The molecule has 1 amide bonds. The van der Waals surface area contributed by atoms with E-state index in [2.05, 4.69) is 5.32 Å². The van der Waals surface area contributed by atoms with E-state index in [1.54, 1.807) is 18.7 Å². The van der Waals surface area contributed by atoms with Gasteiger partial charge in [-0.2, -0.15) is 0 Å². The number of carboxylic acids is 1. The van der Waals surface area contributed by atoms with Crippen LogP contribution < -0.4 is 10.1 Å². The lowest BCUT2D eigenvalue weighted by Crippen LogP contribution is -2.40. The van der Waals surface area contributed by atoms with E-state index in [9.17, 15) is 9.59 Å². The van der Waals surface area contributed by atoms with Gasteiger partial charge in [-0.05, 0) is 43.9 Å². The second-order valence-electron chi connectivity index (χ2n) is 5.00. The molecule has 1 aromatic carbocycles. The Morgan fingerprint density at radius 2 is 1.95 bits per heavy atom. The standard InChI is InChI=1S/C16H23NO4S/c1-4-5-12(16(19)20)10-17-15(18)11(2)21-13-6-8-14(22-3)9-7-13/h6-9,11-12H,4-5,10H2,1-3H3,(H,17,18)(H,19,20). The van der Waals surface area contributed by atoms with E-state index in [-0.39, 0.29) is 12.5 Å². The maximum Gasteiger partial charge on any atom is 0.308 e. The Morgan fingerprint density at radius 1 is 1.32 bits per heavy atom. The van der Waals surface area contributed by atoms with Crippen molar-refractivity contribution in [3.05, 3.63) is 24.3 Å². The highest BCUT2D eigenvalue weighted by Crippen LogP contribution is 2.19. The van der Waals surface area contributed by atoms with E-state index in [0.29, 0.717) is 12.2 Å². The highest BCUT2D eigenvalue weighted by atomic mass is 32.2. The molecule has 1 rings (SSSR count). The molecule has 0 radical (unpaired) electrons. The fourth-order valence-electron chi connectivity index (χ4n) is 1.94. The van der Waals surface area contributed by atoms with Crippen molar-refractivity contribution in [2.24, 2.45) is 5.92 Å². The average molecular weight is 325 g/mol. The number of carbonyl (C=O) groups excluding carboxylic acids is 1. The summed E-state index contributed by atoms with van der Waals surface area (Å²) in [6.07, 6.45) is 2.62. The molecule has 0 aromatic heterocycles. The molecule has 0 fully saturated rings. The summed E-state index contributed by atoms with van der Waals surface area (Å²) < 4.78 is 5.56. The van der Waals surface area contributed by atoms with Gasteiger partial charge in [0.1, 0.15) is 5.75 Å². The van der Waals surface area contributed by atoms with E-state index in [4.69, 9.17) is 9.84 Å². The van der Waals surface area contributed by atoms with Gasteiger partial charge in [0.05, 0.1) is 5.92 Å². The first-order valence-electron chi connectivity index (χ1n) is 7.29. The smallest absolute Gasteiger partial charge is 0.308 e. The largest absolute Gasteiger partial charge is 0.481 e. The molecule has 2 atom stereocenters. The number of thioether (sulfide) groups is 1. The SMILES string of the molecule is CCCC(CNC(=O)C(C)Oc1ccc(SC)cc1)C(=O)O. The Labute approximate surface area is 135 Å². The van der Waals surface area contributed by atoms with Crippen LogP contribution in [0.15, 0.2) is 29.2 Å². The molecular weight excluding hydrogens is 302 g/mol. The van der Waals surface area contributed by atoms with Crippen molar-refractivity contribution in [2.45, 2.75) is 37.7 Å². The quantitative estimate of drug-likeness (QED) is 0.683. The molecule has 22 heavy (non-hydrogen) atoms. The molecule has 0 aliphatic heterocycles. The molecule has 2 unspecified atom stereocenters. The van der Waals surface area contributed by atoms with E-state index >= 15 is 0 Å². The predicted molar refractivity (Wildman–Crippen MR) is 87.4 cm³/mol. The fraction of sp³-hybridized carbons (Fsp3) is 0.500. The zero-order valence-corrected chi connectivity index (χ0v) is 14.0. The molecule has 2 N–H and O–H groups in total. The Kier molecular flexibility index (Phi) is 7.80. The minimum atomic E-state index is -0.886. The second kappa shape index (κ2) is 9.35. The van der Waals surface area contributed by atoms with Crippen LogP contribution in [0.4, 0.5) is 0 Å². The Bertz CT molecular complexity index is 489. The van der Waals surface area contributed by atoms with Crippen LogP contribution in [0.1, 0.15) is 26.7 Å². The molecular formula is C16H23NO4S. The Hall–Kier alpha value is -1.69. The van der Waals surface area contributed by atoms with Crippen molar-refractivity contribution >= 4 is 23.6 Å². The van der Waals surface area contributed by atoms with Gasteiger partial charge in [-0.25, -0.2) is 0 Å². The zero-order valence-electron chi connectivity index (χ0n) is 13.2. The normalized spacial score (nSPS) is 13.2. The van der Waals surface area contributed by atoms with Crippen molar-refractivity contribution in [1.82, 2.24) is 5.32 Å². The lowest BCUT2D eigenvalue weighted by molar-refractivity contribution is -0.142. The summed E-state index contributed by atoms with van der Waals surface area (Å²) in [5.41, 5.74) is 0. The lowest BCUT2D eigenvalue weighted by Gasteiger charge is -2.17. The Morgan fingerprint density at radius 3 is 2.45 bits per heavy atom. The molecule has 0 heterocycles. The highest BCUT2D eigenvalue weighted by molar-refractivity contribution is 7.98. The first-order chi connectivity index (χ1) is 10.5. The minimum Gasteiger partial charge on any atom is -0.481 e. The zero-order chi connectivity index (χ0) is 16.5. The van der Waals surface area contributed by atoms with E-state index < -0.39 is 18.0 Å². The maximum atomic E-state index is 12.0. The molecule has 0 aliphatic rings. The van der Waals surface area contributed by atoms with Gasteiger partial charge in [-0.3, -0.25) is 9.59 Å². The minimum absolute atomic E-state index is 0.126. The monoisotopic (exact) mass is 325 g/mol. The summed E-state index contributed by atoms with van der Waals surface area (Å²) >= 11 is 1.63. The van der Waals surface area contributed by atoms with Crippen molar-refractivity contribution in [2.75, 3.05) is 12.8 Å². The number of hydrogen-bond donors (Lipinski definition) is 2. The summed E-state index contributed by atoms with van der Waals surface area (Å²) in [5.74, 6) is -1.13. The number of hydrogen-bond acceptors (Lipinski definition) is 4. The van der Waals surface area contributed by atoms with Gasteiger partial charge >= 0.3 is 5.97 Å². The van der Waals surface area contributed by atoms with Crippen LogP contribution in [-0.4, -0.2) is 35.9 Å². The second-order valence-corrected chi connectivity index (χ2v) is 5.88. The van der Waals surface area contributed by atoms with Crippen molar-refractivity contribution in [1.29, 1.82) is 0 Å². The summed E-state index contributed by atoms with van der Waals surface area (Å²) in [4.78, 5) is 24.1. The molecule has 0 saturated heterocycles. The number of amides is 1. The number of nitrogens with one attached hydrogen (secondary N) is 1. The molecule has 6 heteroatoms. The molecule has 0 saturated carbocycles. The predicted octanol–water partition coefficient (Wildman–Crippen LogP) is 2.79. The third-order valence-electron chi connectivity index (χ3n) is 3.25. The first-order valence-corrected chi connectivity index (χ1v) is 8.51. The molecule has 1 aromatic rings. The van der Waals surface area contributed by atoms with E-state index in [1.807, 2.05) is 37.4 Å². The van der Waals surface area contributed by atoms with E-state index in [1.165, 1.54) is 0 Å². The molecule has 0 spiro atoms. The van der Waals surface area contributed by atoms with Crippen LogP contribution in [0.2, 0.25) is 0 Å². The summed E-state index contributed by atoms with van der Waals surface area (Å²) in [6.45, 7) is 3.69. The molecule has 0 aliphatic carbocycles. The summed E-state index contributed by atoms with van der Waals surface area (Å²) in [7, 11) is 0. The number of benzene rings is 1. The van der Waals surface area contributed by atoms with Crippen LogP contribution in [0.25, 0.3) is 0 Å². The van der Waals surface area contributed by atoms with Gasteiger partial charge in [0.2, 0.25) is 0 Å². The lowest BCUT2D eigenvalue weighted by atomic mass is 10.0. The van der Waals surface area contributed by atoms with Crippen molar-refractivity contribution < 1.29 is 19.4 Å². The molecule has 0 bridgehead atoms. The summed E-state index contributed by atoms with van der Waals surface area (Å²) in [5, 5.41) is 11.7. The molecule has 122 valence electrons. The van der Waals surface area contributed by atoms with Crippen LogP contribution in [0.5, 0.6) is 5.75 Å². The van der Waals surface area contributed by atoms with Crippen molar-refractivity contribution in [3.8, 4) is 5.75 Å². The fourth-order valence-corrected chi connectivity index (χ4v) is 2.35. The number of carbonyl (C=O) groups is 2. The first kappa shape index (κ1) is 18.4. The number of ether oxygens (including phenoxy) is 1. The van der Waals surface area contributed by atoms with Crippen LogP contribution >= 0.6 is 11.8 Å². The van der Waals surface area contributed by atoms with Crippen LogP contribution in [0.3, 0.4) is 0 Å². The summed E-state index contributed by atoms with van der Waals surface area (Å²) in [6, 6.07) is 7.47. The Balaban J connectivity index is 2.48. The number of carboxylic acid groups (broad SMARTS) is 1. The van der Waals surface area contributed by atoms with Gasteiger partial charge < -0.3 is 15.2 Å². The van der Waals surface area contributed by atoms with Gasteiger partial charge in [-0.1, -0.05) is 13.3 Å². The molecule has 5 nitrogen and oxygen atoms in total. The van der Waals surface area contributed by atoms with Gasteiger partial charge in [0.25, 0.3) is 5.91 Å². The third kappa shape index (κ3) is 5.97. The van der Waals surface area contributed by atoms with Gasteiger partial charge in [0.15, 0.2) is 6.10 Å². The van der Waals surface area contributed by atoms with Crippen LogP contribution in [-0.2, 0) is 9.59 Å². The number of rotatable bonds is 9.